The molecule has 1 fully saturated rings. The SMILES string of the molecule is NC(=S)c1ccc(S(=O)(=O)N2CCCC2CO)s1. The van der Waals surface area contributed by atoms with Crippen molar-refractivity contribution in [2.24, 2.45) is 5.73 Å². The number of thiophene rings is 1. The van der Waals surface area contributed by atoms with Gasteiger partial charge >= 0.3 is 0 Å². The first-order valence-electron chi connectivity index (χ1n) is 5.49. The number of nitrogens with two attached hydrogens (primary N) is 1. The van der Waals surface area contributed by atoms with Gasteiger partial charge in [-0.05, 0) is 25.0 Å². The van der Waals surface area contributed by atoms with Crippen LogP contribution in [0.2, 0.25) is 0 Å². The summed E-state index contributed by atoms with van der Waals surface area (Å²) in [6.45, 7) is 0.306. The summed E-state index contributed by atoms with van der Waals surface area (Å²) in [5, 5.41) is 9.20. The number of sulfonamides is 1. The Kier molecular flexibility index (Phi) is 4.02. The van der Waals surface area contributed by atoms with Crippen LogP contribution in [0.1, 0.15) is 17.7 Å². The fourth-order valence-corrected chi connectivity index (χ4v) is 5.18. The molecule has 0 spiro atoms. The van der Waals surface area contributed by atoms with Gasteiger partial charge in [0.25, 0.3) is 10.0 Å². The maximum Gasteiger partial charge on any atom is 0.252 e. The standard InChI is InChI=1S/C10H14N2O3S3/c11-10(16)8-3-4-9(17-8)18(14,15)12-5-1-2-7(12)6-13/h3-4,7,13H,1-2,5-6H2,(H2,11,16). The largest absolute Gasteiger partial charge is 0.395 e. The molecule has 18 heavy (non-hydrogen) atoms. The zero-order chi connectivity index (χ0) is 13.3. The molecule has 8 heteroatoms. The third-order valence-electron chi connectivity index (χ3n) is 2.92. The van der Waals surface area contributed by atoms with Crippen LogP contribution < -0.4 is 5.73 Å². The van der Waals surface area contributed by atoms with Gasteiger partial charge in [0.2, 0.25) is 0 Å². The Labute approximate surface area is 115 Å². The highest BCUT2D eigenvalue weighted by Crippen LogP contribution is 2.30. The van der Waals surface area contributed by atoms with Gasteiger partial charge in [-0.2, -0.15) is 4.31 Å². The van der Waals surface area contributed by atoms with Gasteiger partial charge in [0.15, 0.2) is 0 Å². The van der Waals surface area contributed by atoms with E-state index in [1.165, 1.54) is 10.4 Å². The van der Waals surface area contributed by atoms with Gasteiger partial charge in [-0.25, -0.2) is 8.42 Å². The molecule has 0 bridgehead atoms. The van der Waals surface area contributed by atoms with Crippen molar-refractivity contribution in [3.05, 3.63) is 17.0 Å². The van der Waals surface area contributed by atoms with Crippen LogP contribution in [-0.2, 0) is 10.0 Å². The van der Waals surface area contributed by atoms with E-state index in [4.69, 9.17) is 18.0 Å². The van der Waals surface area contributed by atoms with Gasteiger partial charge in [0.1, 0.15) is 9.20 Å². The zero-order valence-electron chi connectivity index (χ0n) is 9.57. The first kappa shape index (κ1) is 13.9. The Morgan fingerprint density at radius 2 is 2.33 bits per heavy atom. The Hall–Kier alpha value is -0.540. The van der Waals surface area contributed by atoms with Crippen LogP contribution in [0.5, 0.6) is 0 Å². The fourth-order valence-electron chi connectivity index (χ4n) is 2.01. The Morgan fingerprint density at radius 1 is 1.61 bits per heavy atom. The number of aliphatic hydroxyl groups excluding tert-OH is 1. The second-order valence-electron chi connectivity index (χ2n) is 4.08. The highest BCUT2D eigenvalue weighted by Gasteiger charge is 2.35. The molecule has 2 rings (SSSR count). The molecule has 0 saturated carbocycles. The Balaban J connectivity index is 2.32. The van der Waals surface area contributed by atoms with Gasteiger partial charge in [-0.15, -0.1) is 11.3 Å². The number of rotatable bonds is 4. The van der Waals surface area contributed by atoms with Crippen molar-refractivity contribution in [2.75, 3.05) is 13.2 Å². The van der Waals surface area contributed by atoms with Crippen LogP contribution in [0.15, 0.2) is 16.3 Å². The second kappa shape index (κ2) is 5.22. The van der Waals surface area contributed by atoms with Gasteiger partial charge < -0.3 is 10.8 Å². The van der Waals surface area contributed by atoms with Gasteiger partial charge in [0.05, 0.1) is 11.5 Å². The smallest absolute Gasteiger partial charge is 0.252 e. The predicted molar refractivity (Wildman–Crippen MR) is 74.2 cm³/mol. The van der Waals surface area contributed by atoms with Gasteiger partial charge in [-0.3, -0.25) is 0 Å². The normalized spacial score (nSPS) is 21.3. The third kappa shape index (κ3) is 2.43. The lowest BCUT2D eigenvalue weighted by atomic mass is 10.2. The first-order chi connectivity index (χ1) is 8.46. The molecule has 0 radical (unpaired) electrons. The maximum absolute atomic E-state index is 12.4. The van der Waals surface area contributed by atoms with E-state index in [-0.39, 0.29) is 21.8 Å². The molecule has 100 valence electrons. The molecule has 0 aliphatic carbocycles. The van der Waals surface area contributed by atoms with E-state index in [1.54, 1.807) is 6.07 Å². The summed E-state index contributed by atoms with van der Waals surface area (Å²) in [6, 6.07) is 2.82. The van der Waals surface area contributed by atoms with Crippen molar-refractivity contribution in [3.8, 4) is 0 Å². The van der Waals surface area contributed by atoms with Crippen LogP contribution in [0.3, 0.4) is 0 Å². The second-order valence-corrected chi connectivity index (χ2v) is 7.72. The quantitative estimate of drug-likeness (QED) is 0.793. The lowest BCUT2D eigenvalue weighted by Crippen LogP contribution is -2.37. The average molecular weight is 306 g/mol. The van der Waals surface area contributed by atoms with Crippen LogP contribution >= 0.6 is 23.6 Å². The van der Waals surface area contributed by atoms with E-state index in [2.05, 4.69) is 0 Å². The van der Waals surface area contributed by atoms with Crippen molar-refractivity contribution in [3.63, 3.8) is 0 Å². The van der Waals surface area contributed by atoms with Crippen LogP contribution in [0, 0.1) is 0 Å². The zero-order valence-corrected chi connectivity index (χ0v) is 12.0. The summed E-state index contributed by atoms with van der Waals surface area (Å²) in [5.74, 6) is 0. The number of aliphatic hydroxyl groups is 1. The van der Waals surface area contributed by atoms with E-state index in [1.807, 2.05) is 0 Å². The fraction of sp³-hybridized carbons (Fsp3) is 0.500. The van der Waals surface area contributed by atoms with E-state index in [9.17, 15) is 13.5 Å². The molecule has 3 N–H and O–H groups in total. The molecule has 1 unspecified atom stereocenters. The molecule has 1 aromatic rings. The van der Waals surface area contributed by atoms with E-state index in [0.29, 0.717) is 17.8 Å². The van der Waals surface area contributed by atoms with Crippen molar-refractivity contribution in [1.29, 1.82) is 0 Å². The third-order valence-corrected chi connectivity index (χ3v) is 6.81. The van der Waals surface area contributed by atoms with Crippen molar-refractivity contribution < 1.29 is 13.5 Å². The minimum absolute atomic E-state index is 0.146. The molecule has 5 nitrogen and oxygen atoms in total. The molecule has 1 aromatic heterocycles. The Bertz CT molecular complexity index is 552. The molecule has 0 amide bonds. The highest BCUT2D eigenvalue weighted by molar-refractivity contribution is 7.91. The lowest BCUT2D eigenvalue weighted by molar-refractivity contribution is 0.213. The summed E-state index contributed by atoms with van der Waals surface area (Å²) in [4.78, 5) is 0.782. The topological polar surface area (TPSA) is 83.6 Å². The summed E-state index contributed by atoms with van der Waals surface area (Å²) in [7, 11) is -3.54. The first-order valence-corrected chi connectivity index (χ1v) is 8.15. The molecule has 1 atom stereocenters. The average Bonchev–Trinajstić information content (AvgIpc) is 2.98. The van der Waals surface area contributed by atoms with Crippen molar-refractivity contribution >= 4 is 38.6 Å². The molecular weight excluding hydrogens is 292 g/mol. The monoisotopic (exact) mass is 306 g/mol. The maximum atomic E-state index is 12.4. The highest BCUT2D eigenvalue weighted by atomic mass is 32.2. The van der Waals surface area contributed by atoms with Crippen LogP contribution in [-0.4, -0.2) is 42.0 Å². The van der Waals surface area contributed by atoms with Crippen LogP contribution in [0.4, 0.5) is 0 Å². The Morgan fingerprint density at radius 3 is 2.89 bits per heavy atom. The van der Waals surface area contributed by atoms with Gasteiger partial charge in [0, 0.05) is 12.6 Å². The number of hydrogen-bond donors (Lipinski definition) is 2. The van der Waals surface area contributed by atoms with E-state index >= 15 is 0 Å². The summed E-state index contributed by atoms with van der Waals surface area (Å²) in [6.07, 6.45) is 1.47. The summed E-state index contributed by atoms with van der Waals surface area (Å²) >= 11 is 5.89. The van der Waals surface area contributed by atoms with Crippen molar-refractivity contribution in [2.45, 2.75) is 23.1 Å². The summed E-state index contributed by atoms with van der Waals surface area (Å²) < 4.78 is 26.4. The predicted octanol–water partition coefficient (Wildman–Crippen LogP) is 0.528. The number of hydrogen-bond acceptors (Lipinski definition) is 5. The van der Waals surface area contributed by atoms with E-state index in [0.717, 1.165) is 17.8 Å². The minimum atomic E-state index is -3.54. The van der Waals surface area contributed by atoms with E-state index < -0.39 is 10.0 Å². The van der Waals surface area contributed by atoms with Gasteiger partial charge in [-0.1, -0.05) is 12.2 Å². The lowest BCUT2D eigenvalue weighted by Gasteiger charge is -2.21. The number of nitrogens with zero attached hydrogens (tertiary/aromatic N) is 1. The molecule has 1 aliphatic heterocycles. The molecular formula is C10H14N2O3S3. The molecule has 1 saturated heterocycles. The molecule has 1 aliphatic rings. The molecule has 2 heterocycles. The van der Waals surface area contributed by atoms with Crippen molar-refractivity contribution in [1.82, 2.24) is 4.31 Å². The molecule has 0 aromatic carbocycles. The van der Waals surface area contributed by atoms with Crippen LogP contribution in [0.25, 0.3) is 0 Å². The summed E-state index contributed by atoms with van der Waals surface area (Å²) in [5.41, 5.74) is 5.47. The number of thiocarbonyl (C=S) groups is 1. The minimum Gasteiger partial charge on any atom is -0.395 e.